The van der Waals surface area contributed by atoms with Crippen molar-refractivity contribution in [3.8, 4) is 0 Å². The van der Waals surface area contributed by atoms with Crippen LogP contribution in [0.4, 0.5) is 17.1 Å². The zero-order valence-electron chi connectivity index (χ0n) is 14.4. The first kappa shape index (κ1) is 18.9. The molecule has 0 bridgehead atoms. The molecule has 0 saturated carbocycles. The predicted octanol–water partition coefficient (Wildman–Crippen LogP) is 2.92. The van der Waals surface area contributed by atoms with E-state index in [1.807, 2.05) is 19.1 Å². The average molecular weight is 357 g/mol. The third-order valence-electron chi connectivity index (χ3n) is 3.75. The van der Waals surface area contributed by atoms with Crippen LogP contribution in [0, 0.1) is 10.1 Å². The van der Waals surface area contributed by atoms with Gasteiger partial charge in [-0.05, 0) is 37.1 Å². The topological polar surface area (TPSA) is 125 Å². The molecule has 26 heavy (non-hydrogen) atoms. The molecule has 1 atom stereocenters. The predicted molar refractivity (Wildman–Crippen MR) is 96.8 cm³/mol. The number of carbonyl (C=O) groups is 2. The fraction of sp³-hybridized carbons (Fsp3) is 0.222. The maximum Gasteiger partial charge on any atom is 0.341 e. The summed E-state index contributed by atoms with van der Waals surface area (Å²) >= 11 is 0. The number of nitrogens with zero attached hydrogens (tertiary/aromatic N) is 1. The molecule has 0 aliphatic rings. The molecule has 136 valence electrons. The number of nitrogen functional groups attached to an aromatic ring is 1. The van der Waals surface area contributed by atoms with Gasteiger partial charge in [-0.15, -0.1) is 0 Å². The largest absolute Gasteiger partial charge is 0.449 e. The monoisotopic (exact) mass is 357 g/mol. The molecule has 8 heteroatoms. The van der Waals surface area contributed by atoms with Gasteiger partial charge < -0.3 is 15.8 Å². The molecule has 0 heterocycles. The minimum absolute atomic E-state index is 0.0309. The van der Waals surface area contributed by atoms with Crippen LogP contribution in [0.25, 0.3) is 0 Å². The van der Waals surface area contributed by atoms with Crippen molar-refractivity contribution in [2.24, 2.45) is 0 Å². The van der Waals surface area contributed by atoms with Gasteiger partial charge in [0.2, 0.25) is 0 Å². The first-order chi connectivity index (χ1) is 12.3. The summed E-state index contributed by atoms with van der Waals surface area (Å²) in [6.45, 7) is 3.43. The van der Waals surface area contributed by atoms with Crippen LogP contribution in [-0.4, -0.2) is 22.9 Å². The van der Waals surface area contributed by atoms with E-state index in [1.165, 1.54) is 19.1 Å². The summed E-state index contributed by atoms with van der Waals surface area (Å²) in [5.41, 5.74) is 6.95. The van der Waals surface area contributed by atoms with E-state index in [0.29, 0.717) is 5.69 Å². The fourth-order valence-electron chi connectivity index (χ4n) is 2.18. The maximum absolute atomic E-state index is 12.2. The van der Waals surface area contributed by atoms with Crippen molar-refractivity contribution in [1.29, 1.82) is 0 Å². The van der Waals surface area contributed by atoms with E-state index in [4.69, 9.17) is 10.5 Å². The molecule has 2 aromatic carbocycles. The number of carbonyl (C=O) groups excluding carboxylic acids is 2. The molecule has 0 unspecified atom stereocenters. The van der Waals surface area contributed by atoms with Gasteiger partial charge in [0.25, 0.3) is 11.6 Å². The summed E-state index contributed by atoms with van der Waals surface area (Å²) in [6, 6.07) is 10.7. The van der Waals surface area contributed by atoms with Crippen molar-refractivity contribution >= 4 is 28.9 Å². The summed E-state index contributed by atoms with van der Waals surface area (Å²) < 4.78 is 5.08. The molecule has 0 aromatic heterocycles. The van der Waals surface area contributed by atoms with Gasteiger partial charge in [-0.25, -0.2) is 4.79 Å². The highest BCUT2D eigenvalue weighted by Crippen LogP contribution is 2.21. The number of hydrogen-bond acceptors (Lipinski definition) is 6. The summed E-state index contributed by atoms with van der Waals surface area (Å²) in [6.07, 6.45) is -0.223. The van der Waals surface area contributed by atoms with Gasteiger partial charge in [-0.1, -0.05) is 19.1 Å². The first-order valence-corrected chi connectivity index (χ1v) is 7.96. The van der Waals surface area contributed by atoms with Crippen LogP contribution in [0.15, 0.2) is 42.5 Å². The van der Waals surface area contributed by atoms with E-state index in [-0.39, 0.29) is 16.9 Å². The molecule has 0 fully saturated rings. The fourth-order valence-corrected chi connectivity index (χ4v) is 2.18. The molecule has 0 saturated heterocycles. The number of hydrogen-bond donors (Lipinski definition) is 2. The average Bonchev–Trinajstić information content (AvgIpc) is 2.62. The highest BCUT2D eigenvalue weighted by atomic mass is 16.6. The maximum atomic E-state index is 12.2. The van der Waals surface area contributed by atoms with Crippen LogP contribution in [0.3, 0.4) is 0 Å². The van der Waals surface area contributed by atoms with Crippen LogP contribution in [0.1, 0.15) is 29.8 Å². The number of nitro benzene ring substituents is 1. The molecule has 0 spiro atoms. The molecule has 3 N–H and O–H groups in total. The smallest absolute Gasteiger partial charge is 0.341 e. The summed E-state index contributed by atoms with van der Waals surface area (Å²) in [4.78, 5) is 34.5. The van der Waals surface area contributed by atoms with E-state index in [0.717, 1.165) is 18.1 Å². The molecule has 0 aliphatic carbocycles. The number of esters is 1. The molecule has 1 amide bonds. The summed E-state index contributed by atoms with van der Waals surface area (Å²) in [5.74, 6) is -1.43. The second-order valence-corrected chi connectivity index (χ2v) is 5.62. The van der Waals surface area contributed by atoms with Gasteiger partial charge in [0.1, 0.15) is 0 Å². The van der Waals surface area contributed by atoms with E-state index in [9.17, 15) is 19.7 Å². The van der Waals surface area contributed by atoms with Crippen molar-refractivity contribution in [2.45, 2.75) is 26.4 Å². The lowest BCUT2D eigenvalue weighted by molar-refractivity contribution is -0.384. The van der Waals surface area contributed by atoms with E-state index in [1.54, 1.807) is 12.1 Å². The lowest BCUT2D eigenvalue weighted by Crippen LogP contribution is -2.30. The van der Waals surface area contributed by atoms with Crippen molar-refractivity contribution in [3.05, 3.63) is 63.7 Å². The number of anilines is 2. The number of nitrogens with one attached hydrogen (secondary N) is 1. The van der Waals surface area contributed by atoms with E-state index >= 15 is 0 Å². The van der Waals surface area contributed by atoms with Gasteiger partial charge in [-0.2, -0.15) is 0 Å². The van der Waals surface area contributed by atoms with Gasteiger partial charge in [-0.3, -0.25) is 14.9 Å². The Labute approximate surface area is 150 Å². The quantitative estimate of drug-likeness (QED) is 0.354. The first-order valence-electron chi connectivity index (χ1n) is 7.96. The lowest BCUT2D eigenvalue weighted by Gasteiger charge is -2.14. The second kappa shape index (κ2) is 8.11. The van der Waals surface area contributed by atoms with Crippen molar-refractivity contribution in [3.63, 3.8) is 0 Å². The van der Waals surface area contributed by atoms with Gasteiger partial charge in [0, 0.05) is 23.5 Å². The van der Waals surface area contributed by atoms with E-state index in [2.05, 4.69) is 5.32 Å². The summed E-state index contributed by atoms with van der Waals surface area (Å²) in [5, 5.41) is 13.5. The van der Waals surface area contributed by atoms with Crippen LogP contribution in [-0.2, 0) is 16.0 Å². The van der Waals surface area contributed by atoms with Crippen molar-refractivity contribution < 1.29 is 19.2 Å². The van der Waals surface area contributed by atoms with Crippen LogP contribution >= 0.6 is 0 Å². The van der Waals surface area contributed by atoms with Gasteiger partial charge in [0.15, 0.2) is 6.10 Å². The molecule has 8 nitrogen and oxygen atoms in total. The Morgan fingerprint density at radius 3 is 2.46 bits per heavy atom. The molecule has 0 radical (unpaired) electrons. The summed E-state index contributed by atoms with van der Waals surface area (Å²) in [7, 11) is 0. The highest BCUT2D eigenvalue weighted by Gasteiger charge is 2.22. The van der Waals surface area contributed by atoms with Crippen LogP contribution in [0.2, 0.25) is 0 Å². The lowest BCUT2D eigenvalue weighted by atomic mass is 10.1. The Morgan fingerprint density at radius 2 is 1.88 bits per heavy atom. The highest BCUT2D eigenvalue weighted by molar-refractivity contribution is 5.99. The normalized spacial score (nSPS) is 11.5. The number of ether oxygens (including phenoxy) is 1. The number of nitrogens with two attached hydrogens (primary N) is 1. The minimum atomic E-state index is -1.10. The number of benzene rings is 2. The zero-order valence-corrected chi connectivity index (χ0v) is 14.4. The van der Waals surface area contributed by atoms with Crippen molar-refractivity contribution in [1.82, 2.24) is 0 Å². The Kier molecular flexibility index (Phi) is 5.90. The molecule has 2 rings (SSSR count). The number of rotatable bonds is 6. The third kappa shape index (κ3) is 4.56. The third-order valence-corrected chi connectivity index (χ3v) is 3.75. The van der Waals surface area contributed by atoms with Crippen LogP contribution in [0.5, 0.6) is 0 Å². The van der Waals surface area contributed by atoms with Crippen molar-refractivity contribution in [2.75, 3.05) is 11.1 Å². The number of nitro groups is 1. The molecule has 0 aliphatic heterocycles. The molecular formula is C18H19N3O5. The minimum Gasteiger partial charge on any atom is -0.449 e. The Morgan fingerprint density at radius 1 is 1.23 bits per heavy atom. The van der Waals surface area contributed by atoms with E-state index < -0.39 is 22.9 Å². The Bertz CT molecular complexity index is 833. The number of non-ortho nitro benzene ring substituents is 1. The standard InChI is InChI=1S/C18H19N3O5/c1-3-12-4-6-13(7-5-12)20-17(22)11(2)26-18(23)15-10-14(21(24)25)8-9-16(15)19/h4-11H,3,19H2,1-2H3,(H,20,22)/t11-/m0/s1. The molecule has 2 aromatic rings. The Hall–Kier alpha value is -3.42. The molecular weight excluding hydrogens is 338 g/mol. The second-order valence-electron chi connectivity index (χ2n) is 5.62. The van der Waals surface area contributed by atoms with Crippen LogP contribution < -0.4 is 11.1 Å². The van der Waals surface area contributed by atoms with Gasteiger partial charge in [0.05, 0.1) is 10.5 Å². The van der Waals surface area contributed by atoms with Gasteiger partial charge >= 0.3 is 5.97 Å². The number of aryl methyl sites for hydroxylation is 1. The Balaban J connectivity index is 2.04. The zero-order chi connectivity index (χ0) is 19.3. The SMILES string of the molecule is CCc1ccc(NC(=O)[C@H](C)OC(=O)c2cc([N+](=O)[O-])ccc2N)cc1. The number of amides is 1.